The minimum Gasteiger partial charge on any atom is -0.394 e. The number of hydrogen-bond acceptors (Lipinski definition) is 3. The third-order valence-electron chi connectivity index (χ3n) is 2.98. The predicted molar refractivity (Wildman–Crippen MR) is 77.1 cm³/mol. The number of amides is 1. The number of rotatable bonds is 6. The SMILES string of the molecule is O=C(Cc1ccccn1)N[C@@H](CO)Cc1ccccc1. The lowest BCUT2D eigenvalue weighted by atomic mass is 10.1. The number of aliphatic hydroxyl groups excluding tert-OH is 1. The molecule has 104 valence electrons. The second-order valence-electron chi connectivity index (χ2n) is 4.63. The Bertz CT molecular complexity index is 529. The van der Waals surface area contributed by atoms with Crippen LogP contribution in [0.1, 0.15) is 11.3 Å². The van der Waals surface area contributed by atoms with Crippen molar-refractivity contribution in [3.63, 3.8) is 0 Å². The second-order valence-corrected chi connectivity index (χ2v) is 4.63. The summed E-state index contributed by atoms with van der Waals surface area (Å²) in [5, 5.41) is 12.2. The highest BCUT2D eigenvalue weighted by molar-refractivity contribution is 5.78. The Kier molecular flexibility index (Phi) is 5.26. The van der Waals surface area contributed by atoms with Crippen molar-refractivity contribution in [2.75, 3.05) is 6.61 Å². The summed E-state index contributed by atoms with van der Waals surface area (Å²) in [5.74, 6) is -0.126. The minimum atomic E-state index is -0.270. The number of nitrogens with zero attached hydrogens (tertiary/aromatic N) is 1. The van der Waals surface area contributed by atoms with Crippen molar-refractivity contribution >= 4 is 5.91 Å². The molecule has 0 aliphatic heterocycles. The molecule has 1 atom stereocenters. The van der Waals surface area contributed by atoms with E-state index in [2.05, 4.69) is 10.3 Å². The molecule has 1 amide bonds. The molecule has 0 aliphatic carbocycles. The molecule has 4 nitrogen and oxygen atoms in total. The van der Waals surface area contributed by atoms with Crippen LogP contribution in [0.15, 0.2) is 54.7 Å². The van der Waals surface area contributed by atoms with Gasteiger partial charge in [0, 0.05) is 11.9 Å². The van der Waals surface area contributed by atoms with Gasteiger partial charge in [0.15, 0.2) is 0 Å². The number of carbonyl (C=O) groups excluding carboxylic acids is 1. The number of benzene rings is 1. The van der Waals surface area contributed by atoms with Crippen molar-refractivity contribution in [2.24, 2.45) is 0 Å². The first-order valence-electron chi connectivity index (χ1n) is 6.62. The minimum absolute atomic E-state index is 0.0805. The molecule has 0 unspecified atom stereocenters. The van der Waals surface area contributed by atoms with E-state index in [1.54, 1.807) is 6.20 Å². The molecule has 0 saturated heterocycles. The maximum Gasteiger partial charge on any atom is 0.226 e. The van der Waals surface area contributed by atoms with Crippen LogP contribution in [0.3, 0.4) is 0 Å². The van der Waals surface area contributed by atoms with Crippen molar-refractivity contribution in [1.29, 1.82) is 0 Å². The number of carbonyl (C=O) groups is 1. The summed E-state index contributed by atoms with van der Waals surface area (Å²) in [6.45, 7) is -0.0805. The predicted octanol–water partition coefficient (Wildman–Crippen LogP) is 1.34. The van der Waals surface area contributed by atoms with Gasteiger partial charge in [0.1, 0.15) is 0 Å². The highest BCUT2D eigenvalue weighted by Crippen LogP contribution is 2.03. The van der Waals surface area contributed by atoms with Gasteiger partial charge in [-0.15, -0.1) is 0 Å². The van der Waals surface area contributed by atoms with E-state index in [4.69, 9.17) is 0 Å². The first-order valence-corrected chi connectivity index (χ1v) is 6.62. The van der Waals surface area contributed by atoms with Gasteiger partial charge in [-0.25, -0.2) is 0 Å². The van der Waals surface area contributed by atoms with E-state index < -0.39 is 0 Å². The molecular weight excluding hydrogens is 252 g/mol. The molecule has 2 aromatic rings. The van der Waals surface area contributed by atoms with Crippen LogP contribution in [0.2, 0.25) is 0 Å². The average Bonchev–Trinajstić information content (AvgIpc) is 2.48. The molecule has 0 radical (unpaired) electrons. The monoisotopic (exact) mass is 270 g/mol. The molecule has 1 heterocycles. The van der Waals surface area contributed by atoms with Gasteiger partial charge in [-0.2, -0.15) is 0 Å². The number of nitrogens with one attached hydrogen (secondary N) is 1. The molecule has 1 aromatic heterocycles. The Morgan fingerprint density at radius 3 is 2.55 bits per heavy atom. The first kappa shape index (κ1) is 14.2. The fourth-order valence-corrected chi connectivity index (χ4v) is 2.01. The van der Waals surface area contributed by atoms with Crippen LogP contribution < -0.4 is 5.32 Å². The summed E-state index contributed by atoms with van der Waals surface area (Å²) in [4.78, 5) is 16.0. The van der Waals surface area contributed by atoms with Crippen molar-refractivity contribution in [2.45, 2.75) is 18.9 Å². The third-order valence-corrected chi connectivity index (χ3v) is 2.98. The maximum atomic E-state index is 11.9. The molecule has 0 bridgehead atoms. The Balaban J connectivity index is 1.88. The lowest BCUT2D eigenvalue weighted by molar-refractivity contribution is -0.121. The summed E-state index contributed by atoms with van der Waals surface area (Å²) < 4.78 is 0. The summed E-state index contributed by atoms with van der Waals surface area (Å²) in [5.41, 5.74) is 1.81. The van der Waals surface area contributed by atoms with Crippen LogP contribution in [0, 0.1) is 0 Å². The van der Waals surface area contributed by atoms with Gasteiger partial charge in [-0.1, -0.05) is 36.4 Å². The zero-order valence-electron chi connectivity index (χ0n) is 11.2. The standard InChI is InChI=1S/C16H18N2O2/c19-12-15(10-13-6-2-1-3-7-13)18-16(20)11-14-8-4-5-9-17-14/h1-9,15,19H,10-12H2,(H,18,20)/t15-/m1/s1. The van der Waals surface area contributed by atoms with E-state index in [9.17, 15) is 9.90 Å². The number of aromatic nitrogens is 1. The average molecular weight is 270 g/mol. The van der Waals surface area contributed by atoms with E-state index in [0.29, 0.717) is 6.42 Å². The number of pyridine rings is 1. The molecule has 0 fully saturated rings. The van der Waals surface area contributed by atoms with Gasteiger partial charge in [0.2, 0.25) is 5.91 Å². The van der Waals surface area contributed by atoms with Gasteiger partial charge < -0.3 is 10.4 Å². The molecule has 2 rings (SSSR count). The lowest BCUT2D eigenvalue weighted by Crippen LogP contribution is -2.40. The largest absolute Gasteiger partial charge is 0.394 e. The fourth-order valence-electron chi connectivity index (χ4n) is 2.01. The third kappa shape index (κ3) is 4.48. The van der Waals surface area contributed by atoms with Crippen molar-refractivity contribution < 1.29 is 9.90 Å². The number of hydrogen-bond donors (Lipinski definition) is 2. The van der Waals surface area contributed by atoms with E-state index >= 15 is 0 Å². The molecule has 0 aliphatic rings. The van der Waals surface area contributed by atoms with Gasteiger partial charge in [0.25, 0.3) is 0 Å². The zero-order valence-corrected chi connectivity index (χ0v) is 11.2. The number of aliphatic hydroxyl groups is 1. The van der Waals surface area contributed by atoms with Crippen LogP contribution in [-0.4, -0.2) is 28.6 Å². The Morgan fingerprint density at radius 2 is 1.90 bits per heavy atom. The van der Waals surface area contributed by atoms with Crippen molar-refractivity contribution in [3.8, 4) is 0 Å². The lowest BCUT2D eigenvalue weighted by Gasteiger charge is -2.16. The Hall–Kier alpha value is -2.20. The maximum absolute atomic E-state index is 11.9. The van der Waals surface area contributed by atoms with Crippen LogP contribution in [0.5, 0.6) is 0 Å². The summed E-state index contributed by atoms with van der Waals surface area (Å²) in [7, 11) is 0. The fraction of sp³-hybridized carbons (Fsp3) is 0.250. The summed E-state index contributed by atoms with van der Waals surface area (Å²) in [6.07, 6.45) is 2.51. The Morgan fingerprint density at radius 1 is 1.15 bits per heavy atom. The van der Waals surface area contributed by atoms with Gasteiger partial charge in [-0.05, 0) is 24.1 Å². The highest BCUT2D eigenvalue weighted by Gasteiger charge is 2.12. The smallest absolute Gasteiger partial charge is 0.226 e. The molecule has 1 aromatic carbocycles. The van der Waals surface area contributed by atoms with E-state index in [1.807, 2.05) is 48.5 Å². The van der Waals surface area contributed by atoms with Gasteiger partial charge in [0.05, 0.1) is 19.1 Å². The van der Waals surface area contributed by atoms with E-state index in [-0.39, 0.29) is 25.0 Å². The quantitative estimate of drug-likeness (QED) is 0.832. The van der Waals surface area contributed by atoms with Crippen LogP contribution in [-0.2, 0) is 17.6 Å². The van der Waals surface area contributed by atoms with Crippen molar-refractivity contribution in [1.82, 2.24) is 10.3 Å². The normalized spacial score (nSPS) is 11.8. The summed E-state index contributed by atoms with van der Waals surface area (Å²) >= 11 is 0. The van der Waals surface area contributed by atoms with E-state index in [0.717, 1.165) is 11.3 Å². The van der Waals surface area contributed by atoms with Crippen molar-refractivity contribution in [3.05, 3.63) is 66.0 Å². The highest BCUT2D eigenvalue weighted by atomic mass is 16.3. The molecule has 2 N–H and O–H groups in total. The molecule has 4 heteroatoms. The first-order chi connectivity index (χ1) is 9.78. The molecule has 20 heavy (non-hydrogen) atoms. The van der Waals surface area contributed by atoms with Crippen LogP contribution in [0.25, 0.3) is 0 Å². The molecular formula is C16H18N2O2. The zero-order chi connectivity index (χ0) is 14.2. The topological polar surface area (TPSA) is 62.2 Å². The van der Waals surface area contributed by atoms with E-state index in [1.165, 1.54) is 0 Å². The van der Waals surface area contributed by atoms with Crippen LogP contribution >= 0.6 is 0 Å². The van der Waals surface area contributed by atoms with Crippen LogP contribution in [0.4, 0.5) is 0 Å². The second kappa shape index (κ2) is 7.40. The molecule has 0 saturated carbocycles. The van der Waals surface area contributed by atoms with Gasteiger partial charge >= 0.3 is 0 Å². The molecule has 0 spiro atoms. The Labute approximate surface area is 118 Å². The summed E-state index contributed by atoms with van der Waals surface area (Å²) in [6, 6.07) is 15.0. The van der Waals surface area contributed by atoms with Gasteiger partial charge in [-0.3, -0.25) is 9.78 Å².